The minimum atomic E-state index is -0.167. The molecule has 0 aromatic carbocycles. The van der Waals surface area contributed by atoms with Crippen LogP contribution in [0.4, 0.5) is 0 Å². The van der Waals surface area contributed by atoms with Gasteiger partial charge in [-0.1, -0.05) is 26.7 Å². The van der Waals surface area contributed by atoms with Crippen LogP contribution in [0.1, 0.15) is 65.2 Å². The zero-order valence-electron chi connectivity index (χ0n) is 10.1. The first-order valence-electron chi connectivity index (χ1n) is 6.63. The molecule has 0 saturated carbocycles. The van der Waals surface area contributed by atoms with Crippen LogP contribution in [0.5, 0.6) is 0 Å². The average molecular weight is 212 g/mol. The first-order valence-corrected chi connectivity index (χ1v) is 6.63. The van der Waals surface area contributed by atoms with E-state index in [1.807, 2.05) is 0 Å². The standard InChI is InChI=1S/C13H24O2/c1-3-5-11-7-9-13(14-11)10-8-12(15-13)6-4-2/h11-12H,3-10H2,1-2H3. The van der Waals surface area contributed by atoms with E-state index in [1.54, 1.807) is 0 Å². The van der Waals surface area contributed by atoms with Gasteiger partial charge in [-0.15, -0.1) is 0 Å². The molecule has 88 valence electrons. The van der Waals surface area contributed by atoms with Crippen LogP contribution in [0.15, 0.2) is 0 Å². The van der Waals surface area contributed by atoms with E-state index < -0.39 is 0 Å². The molecule has 2 aliphatic rings. The monoisotopic (exact) mass is 212 g/mol. The van der Waals surface area contributed by atoms with Crippen molar-refractivity contribution in [1.29, 1.82) is 0 Å². The zero-order chi connectivity index (χ0) is 10.7. The van der Waals surface area contributed by atoms with Crippen LogP contribution >= 0.6 is 0 Å². The second-order valence-electron chi connectivity index (χ2n) is 5.05. The molecule has 0 aromatic rings. The van der Waals surface area contributed by atoms with Crippen LogP contribution in [0.2, 0.25) is 0 Å². The Morgan fingerprint density at radius 2 is 1.40 bits per heavy atom. The van der Waals surface area contributed by atoms with Gasteiger partial charge in [-0.25, -0.2) is 0 Å². The normalized spacial score (nSPS) is 40.4. The Balaban J connectivity index is 1.83. The molecule has 0 aromatic heterocycles. The van der Waals surface area contributed by atoms with E-state index >= 15 is 0 Å². The number of hydrogen-bond donors (Lipinski definition) is 0. The van der Waals surface area contributed by atoms with Crippen LogP contribution in [0.3, 0.4) is 0 Å². The van der Waals surface area contributed by atoms with Gasteiger partial charge in [0.25, 0.3) is 0 Å². The molecular formula is C13H24O2. The minimum absolute atomic E-state index is 0.167. The Morgan fingerprint density at radius 1 is 0.933 bits per heavy atom. The fourth-order valence-corrected chi connectivity index (χ4v) is 2.93. The summed E-state index contributed by atoms with van der Waals surface area (Å²) < 4.78 is 12.2. The Morgan fingerprint density at radius 3 is 1.80 bits per heavy atom. The molecule has 1 spiro atoms. The van der Waals surface area contributed by atoms with Crippen molar-refractivity contribution in [1.82, 2.24) is 0 Å². The smallest absolute Gasteiger partial charge is 0.169 e. The van der Waals surface area contributed by atoms with Gasteiger partial charge in [0.15, 0.2) is 5.79 Å². The number of hydrogen-bond acceptors (Lipinski definition) is 2. The molecule has 2 nitrogen and oxygen atoms in total. The molecule has 0 radical (unpaired) electrons. The topological polar surface area (TPSA) is 18.5 Å². The summed E-state index contributed by atoms with van der Waals surface area (Å²) in [7, 11) is 0. The van der Waals surface area contributed by atoms with Gasteiger partial charge in [0, 0.05) is 12.8 Å². The van der Waals surface area contributed by atoms with Gasteiger partial charge < -0.3 is 9.47 Å². The predicted octanol–water partition coefficient (Wildman–Crippen LogP) is 3.64. The van der Waals surface area contributed by atoms with E-state index in [-0.39, 0.29) is 5.79 Å². The van der Waals surface area contributed by atoms with E-state index in [0.717, 1.165) is 12.8 Å². The fraction of sp³-hybridized carbons (Fsp3) is 1.00. The van der Waals surface area contributed by atoms with Crippen molar-refractivity contribution in [2.45, 2.75) is 83.2 Å². The van der Waals surface area contributed by atoms with E-state index in [2.05, 4.69) is 13.8 Å². The van der Waals surface area contributed by atoms with Gasteiger partial charge in [0.2, 0.25) is 0 Å². The van der Waals surface area contributed by atoms with Gasteiger partial charge in [-0.3, -0.25) is 0 Å². The van der Waals surface area contributed by atoms with Crippen molar-refractivity contribution in [3.63, 3.8) is 0 Å². The molecule has 2 heterocycles. The molecule has 2 unspecified atom stereocenters. The maximum atomic E-state index is 6.10. The lowest BCUT2D eigenvalue weighted by atomic mass is 10.1. The molecule has 2 rings (SSSR count). The van der Waals surface area contributed by atoms with Crippen molar-refractivity contribution in [3.05, 3.63) is 0 Å². The Hall–Kier alpha value is -0.0800. The quantitative estimate of drug-likeness (QED) is 0.708. The highest BCUT2D eigenvalue weighted by atomic mass is 16.7. The average Bonchev–Trinajstić information content (AvgIpc) is 2.77. The van der Waals surface area contributed by atoms with Crippen molar-refractivity contribution in [3.8, 4) is 0 Å². The second-order valence-corrected chi connectivity index (χ2v) is 5.05. The third kappa shape index (κ3) is 2.54. The lowest BCUT2D eigenvalue weighted by molar-refractivity contribution is -0.217. The van der Waals surface area contributed by atoms with E-state index in [4.69, 9.17) is 9.47 Å². The van der Waals surface area contributed by atoms with Crippen LogP contribution in [0.25, 0.3) is 0 Å². The lowest BCUT2D eigenvalue weighted by Gasteiger charge is -2.24. The van der Waals surface area contributed by atoms with Gasteiger partial charge in [-0.2, -0.15) is 0 Å². The highest BCUT2D eigenvalue weighted by Crippen LogP contribution is 2.43. The van der Waals surface area contributed by atoms with E-state index in [9.17, 15) is 0 Å². The van der Waals surface area contributed by atoms with E-state index in [1.165, 1.54) is 38.5 Å². The van der Waals surface area contributed by atoms with Crippen molar-refractivity contribution < 1.29 is 9.47 Å². The molecule has 0 aliphatic carbocycles. The van der Waals surface area contributed by atoms with Crippen LogP contribution in [-0.4, -0.2) is 18.0 Å². The Bertz CT molecular complexity index is 181. The van der Waals surface area contributed by atoms with Gasteiger partial charge in [0.05, 0.1) is 12.2 Å². The molecule has 0 amide bonds. The van der Waals surface area contributed by atoms with Crippen molar-refractivity contribution in [2.75, 3.05) is 0 Å². The highest BCUT2D eigenvalue weighted by Gasteiger charge is 2.46. The van der Waals surface area contributed by atoms with Crippen molar-refractivity contribution in [2.24, 2.45) is 0 Å². The maximum absolute atomic E-state index is 6.10. The summed E-state index contributed by atoms with van der Waals surface area (Å²) in [4.78, 5) is 0. The summed E-state index contributed by atoms with van der Waals surface area (Å²) in [6.45, 7) is 4.45. The molecule has 2 saturated heterocycles. The predicted molar refractivity (Wildman–Crippen MR) is 60.8 cm³/mol. The SMILES string of the molecule is CCCC1CCC2(CCC(CCC)O2)O1. The molecule has 15 heavy (non-hydrogen) atoms. The zero-order valence-corrected chi connectivity index (χ0v) is 10.1. The molecule has 0 bridgehead atoms. The first kappa shape index (κ1) is 11.4. The second kappa shape index (κ2) is 4.84. The number of rotatable bonds is 4. The molecular weight excluding hydrogens is 188 g/mol. The minimum Gasteiger partial charge on any atom is -0.347 e. The first-order chi connectivity index (χ1) is 7.28. The van der Waals surface area contributed by atoms with Gasteiger partial charge >= 0.3 is 0 Å². The van der Waals surface area contributed by atoms with Crippen molar-refractivity contribution >= 4 is 0 Å². The molecule has 2 fully saturated rings. The summed E-state index contributed by atoms with van der Waals surface area (Å²) in [5.74, 6) is -0.167. The largest absolute Gasteiger partial charge is 0.347 e. The summed E-state index contributed by atoms with van der Waals surface area (Å²) in [5.41, 5.74) is 0. The summed E-state index contributed by atoms with van der Waals surface area (Å²) in [5, 5.41) is 0. The third-order valence-electron chi connectivity index (χ3n) is 3.68. The Labute approximate surface area is 93.3 Å². The summed E-state index contributed by atoms with van der Waals surface area (Å²) in [6.07, 6.45) is 10.4. The molecule has 2 aliphatic heterocycles. The van der Waals surface area contributed by atoms with Gasteiger partial charge in [-0.05, 0) is 25.7 Å². The van der Waals surface area contributed by atoms with Crippen LogP contribution < -0.4 is 0 Å². The fourth-order valence-electron chi connectivity index (χ4n) is 2.93. The third-order valence-corrected chi connectivity index (χ3v) is 3.68. The van der Waals surface area contributed by atoms with Gasteiger partial charge in [0.1, 0.15) is 0 Å². The van der Waals surface area contributed by atoms with Crippen LogP contribution in [0, 0.1) is 0 Å². The van der Waals surface area contributed by atoms with Crippen LogP contribution in [-0.2, 0) is 9.47 Å². The summed E-state index contributed by atoms with van der Waals surface area (Å²) >= 11 is 0. The lowest BCUT2D eigenvalue weighted by Crippen LogP contribution is -2.29. The maximum Gasteiger partial charge on any atom is 0.169 e. The molecule has 2 atom stereocenters. The van der Waals surface area contributed by atoms with E-state index in [0.29, 0.717) is 12.2 Å². The highest BCUT2D eigenvalue weighted by molar-refractivity contribution is 4.87. The molecule has 2 heteroatoms. The summed E-state index contributed by atoms with van der Waals surface area (Å²) in [6, 6.07) is 0. The Kier molecular flexibility index (Phi) is 3.68. The number of ether oxygens (including phenoxy) is 2. The molecule has 0 N–H and O–H groups in total.